The zero-order chi connectivity index (χ0) is 13.9. The Morgan fingerprint density at radius 3 is 2.90 bits per heavy atom. The number of ketones is 1. The van der Waals surface area contributed by atoms with Gasteiger partial charge < -0.3 is 4.74 Å². The summed E-state index contributed by atoms with van der Waals surface area (Å²) in [5, 5.41) is 0. The van der Waals surface area contributed by atoms with Gasteiger partial charge in [-0.2, -0.15) is 0 Å². The van der Waals surface area contributed by atoms with Gasteiger partial charge in [-0.25, -0.2) is 0 Å². The fraction of sp³-hybridized carbons (Fsp3) is 0.588. The molecule has 1 saturated carbocycles. The lowest BCUT2D eigenvalue weighted by Crippen LogP contribution is -2.38. The third-order valence-electron chi connectivity index (χ3n) is 4.88. The number of likely N-dealkylation sites (tertiary alicyclic amines) is 1. The number of para-hydroxylation sites is 1. The van der Waals surface area contributed by atoms with Gasteiger partial charge in [0.15, 0.2) is 5.78 Å². The quantitative estimate of drug-likeness (QED) is 0.789. The molecule has 0 aromatic heterocycles. The highest BCUT2D eigenvalue weighted by atomic mass is 16.5. The molecule has 3 heteroatoms. The average molecular weight is 273 g/mol. The first-order valence-corrected chi connectivity index (χ1v) is 7.70. The van der Waals surface area contributed by atoms with Gasteiger partial charge in [-0.05, 0) is 43.9 Å². The van der Waals surface area contributed by atoms with Crippen LogP contribution in [0.4, 0.5) is 0 Å². The molecular weight excluding hydrogens is 250 g/mol. The van der Waals surface area contributed by atoms with Crippen LogP contribution in [0.2, 0.25) is 0 Å². The molecule has 2 aliphatic rings. The molecule has 1 heterocycles. The van der Waals surface area contributed by atoms with Crippen LogP contribution in [0.25, 0.3) is 0 Å². The van der Waals surface area contributed by atoms with Crippen molar-refractivity contribution in [3.05, 3.63) is 29.8 Å². The second-order valence-electron chi connectivity index (χ2n) is 5.99. The third kappa shape index (κ3) is 2.59. The number of methoxy groups -OCH3 is 1. The van der Waals surface area contributed by atoms with Gasteiger partial charge in [-0.1, -0.05) is 25.0 Å². The molecule has 1 aliphatic heterocycles. The molecule has 0 radical (unpaired) electrons. The van der Waals surface area contributed by atoms with Crippen LogP contribution in [-0.4, -0.2) is 36.9 Å². The molecule has 20 heavy (non-hydrogen) atoms. The summed E-state index contributed by atoms with van der Waals surface area (Å²) < 4.78 is 5.30. The number of fused-ring (bicyclic) bond motifs is 1. The SMILES string of the molecule is COc1ccccc1C(=O)CN1CCC2CCCCC21. The van der Waals surface area contributed by atoms with Crippen LogP contribution in [0.3, 0.4) is 0 Å². The standard InChI is InChI=1S/C17H23NO2/c1-20-17-9-5-3-7-14(17)16(19)12-18-11-10-13-6-2-4-8-15(13)18/h3,5,7,9,13,15H,2,4,6,8,10-12H2,1H3. The van der Waals surface area contributed by atoms with Crippen LogP contribution >= 0.6 is 0 Å². The van der Waals surface area contributed by atoms with Crippen LogP contribution in [0.15, 0.2) is 24.3 Å². The van der Waals surface area contributed by atoms with E-state index in [9.17, 15) is 4.79 Å². The number of ether oxygens (including phenoxy) is 1. The monoisotopic (exact) mass is 273 g/mol. The fourth-order valence-corrected chi connectivity index (χ4v) is 3.84. The lowest BCUT2D eigenvalue weighted by atomic mass is 9.85. The Morgan fingerprint density at radius 2 is 2.05 bits per heavy atom. The Hall–Kier alpha value is -1.35. The van der Waals surface area contributed by atoms with Crippen molar-refractivity contribution in [1.82, 2.24) is 4.90 Å². The number of hydrogen-bond donors (Lipinski definition) is 0. The van der Waals surface area contributed by atoms with Gasteiger partial charge in [0.2, 0.25) is 0 Å². The van der Waals surface area contributed by atoms with Gasteiger partial charge in [-0.15, -0.1) is 0 Å². The number of carbonyl (C=O) groups excluding carboxylic acids is 1. The van der Waals surface area contributed by atoms with Gasteiger partial charge in [0.25, 0.3) is 0 Å². The highest BCUT2D eigenvalue weighted by Gasteiger charge is 2.36. The maximum absolute atomic E-state index is 12.5. The Morgan fingerprint density at radius 1 is 1.25 bits per heavy atom. The molecular formula is C17H23NO2. The first kappa shape index (κ1) is 13.6. The molecule has 2 atom stereocenters. The molecule has 1 aromatic carbocycles. The molecule has 0 bridgehead atoms. The Kier molecular flexibility index (Phi) is 4.06. The molecule has 0 spiro atoms. The van der Waals surface area contributed by atoms with Crippen LogP contribution in [-0.2, 0) is 0 Å². The minimum absolute atomic E-state index is 0.189. The third-order valence-corrected chi connectivity index (χ3v) is 4.88. The van der Waals surface area contributed by atoms with Crippen LogP contribution in [0.1, 0.15) is 42.5 Å². The maximum Gasteiger partial charge on any atom is 0.180 e. The van der Waals surface area contributed by atoms with Crippen molar-refractivity contribution in [1.29, 1.82) is 0 Å². The van der Waals surface area contributed by atoms with Crippen molar-refractivity contribution in [2.24, 2.45) is 5.92 Å². The summed E-state index contributed by atoms with van der Waals surface area (Å²) in [4.78, 5) is 14.9. The van der Waals surface area contributed by atoms with E-state index in [0.717, 1.165) is 12.5 Å². The van der Waals surface area contributed by atoms with E-state index in [2.05, 4.69) is 4.90 Å². The second kappa shape index (κ2) is 5.96. The van der Waals surface area contributed by atoms with E-state index in [-0.39, 0.29) is 5.78 Å². The molecule has 1 aromatic rings. The minimum atomic E-state index is 0.189. The highest BCUT2D eigenvalue weighted by molar-refractivity contribution is 6.00. The van der Waals surface area contributed by atoms with E-state index in [0.29, 0.717) is 23.9 Å². The van der Waals surface area contributed by atoms with Crippen LogP contribution in [0.5, 0.6) is 5.75 Å². The predicted octanol–water partition coefficient (Wildman–Crippen LogP) is 3.14. The van der Waals surface area contributed by atoms with Gasteiger partial charge in [0.05, 0.1) is 19.2 Å². The predicted molar refractivity (Wildman–Crippen MR) is 79.3 cm³/mol. The fourth-order valence-electron chi connectivity index (χ4n) is 3.84. The summed E-state index contributed by atoms with van der Waals surface area (Å²) in [5.41, 5.74) is 0.717. The summed E-state index contributed by atoms with van der Waals surface area (Å²) in [6, 6.07) is 8.18. The second-order valence-corrected chi connectivity index (χ2v) is 5.99. The number of benzene rings is 1. The number of rotatable bonds is 4. The van der Waals surface area contributed by atoms with Crippen molar-refractivity contribution in [3.8, 4) is 5.75 Å². The molecule has 2 unspecified atom stereocenters. The smallest absolute Gasteiger partial charge is 0.180 e. The van der Waals surface area contributed by atoms with Gasteiger partial charge in [0, 0.05) is 6.04 Å². The van der Waals surface area contributed by atoms with E-state index in [1.165, 1.54) is 32.1 Å². The summed E-state index contributed by atoms with van der Waals surface area (Å²) >= 11 is 0. The van der Waals surface area contributed by atoms with E-state index >= 15 is 0 Å². The van der Waals surface area contributed by atoms with E-state index in [1.54, 1.807) is 7.11 Å². The maximum atomic E-state index is 12.5. The normalized spacial score (nSPS) is 26.2. The summed E-state index contributed by atoms with van der Waals surface area (Å²) in [6.45, 7) is 1.62. The average Bonchev–Trinajstić information content (AvgIpc) is 2.90. The van der Waals surface area contributed by atoms with Crippen molar-refractivity contribution < 1.29 is 9.53 Å². The van der Waals surface area contributed by atoms with Crippen molar-refractivity contribution in [2.75, 3.05) is 20.2 Å². The highest BCUT2D eigenvalue weighted by Crippen LogP contribution is 2.36. The zero-order valence-electron chi connectivity index (χ0n) is 12.2. The Bertz CT molecular complexity index is 486. The van der Waals surface area contributed by atoms with E-state index in [1.807, 2.05) is 24.3 Å². The van der Waals surface area contributed by atoms with E-state index < -0.39 is 0 Å². The molecule has 3 rings (SSSR count). The molecule has 1 saturated heterocycles. The number of carbonyl (C=O) groups is 1. The molecule has 108 valence electrons. The molecule has 2 fully saturated rings. The molecule has 1 aliphatic carbocycles. The first-order valence-electron chi connectivity index (χ1n) is 7.70. The Labute approximate surface area is 120 Å². The Balaban J connectivity index is 1.70. The summed E-state index contributed by atoms with van der Waals surface area (Å²) in [7, 11) is 1.62. The van der Waals surface area contributed by atoms with Crippen molar-refractivity contribution >= 4 is 5.78 Å². The topological polar surface area (TPSA) is 29.5 Å². The van der Waals surface area contributed by atoms with Crippen molar-refractivity contribution in [2.45, 2.75) is 38.1 Å². The molecule has 0 amide bonds. The summed E-state index contributed by atoms with van der Waals surface area (Å²) in [5.74, 6) is 1.71. The lowest BCUT2D eigenvalue weighted by molar-refractivity contribution is 0.0893. The van der Waals surface area contributed by atoms with Gasteiger partial charge >= 0.3 is 0 Å². The molecule has 3 nitrogen and oxygen atoms in total. The van der Waals surface area contributed by atoms with Crippen molar-refractivity contribution in [3.63, 3.8) is 0 Å². The molecule has 0 N–H and O–H groups in total. The number of nitrogens with zero attached hydrogens (tertiary/aromatic N) is 1. The van der Waals surface area contributed by atoms with E-state index in [4.69, 9.17) is 4.74 Å². The summed E-state index contributed by atoms with van der Waals surface area (Å²) in [6.07, 6.45) is 6.58. The van der Waals surface area contributed by atoms with Crippen LogP contribution in [0, 0.1) is 5.92 Å². The first-order chi connectivity index (χ1) is 9.79. The number of Topliss-reactive ketones (excluding diaryl/α,β-unsaturated/α-hetero) is 1. The largest absolute Gasteiger partial charge is 0.496 e. The van der Waals surface area contributed by atoms with Gasteiger partial charge in [-0.3, -0.25) is 9.69 Å². The lowest BCUT2D eigenvalue weighted by Gasteiger charge is -2.31. The zero-order valence-corrected chi connectivity index (χ0v) is 12.2. The number of hydrogen-bond acceptors (Lipinski definition) is 3. The van der Waals surface area contributed by atoms with Gasteiger partial charge in [0.1, 0.15) is 5.75 Å². The van der Waals surface area contributed by atoms with Crippen LogP contribution < -0.4 is 4.74 Å². The minimum Gasteiger partial charge on any atom is -0.496 e.